The van der Waals surface area contributed by atoms with Gasteiger partial charge in [0.1, 0.15) is 0 Å². The molecule has 0 fully saturated rings. The van der Waals surface area contributed by atoms with Gasteiger partial charge in [-0.2, -0.15) is 0 Å². The molecule has 0 radical (unpaired) electrons. The molecule has 1 nitrogen and oxygen atoms in total. The summed E-state index contributed by atoms with van der Waals surface area (Å²) in [5.41, 5.74) is 2.39. The average molecular weight is 165 g/mol. The van der Waals surface area contributed by atoms with Crippen molar-refractivity contribution in [2.45, 2.75) is 40.5 Å². The second-order valence-electron chi connectivity index (χ2n) is 2.73. The summed E-state index contributed by atoms with van der Waals surface area (Å²) in [6.07, 6.45) is 8.33. The first kappa shape index (κ1) is 11.2. The number of hydrogen-bond acceptors (Lipinski definition) is 1. The lowest BCUT2D eigenvalue weighted by molar-refractivity contribution is 1.12. The predicted octanol–water partition coefficient (Wildman–Crippen LogP) is 3.73. The fraction of sp³-hybridized carbons (Fsp3) is 0.545. The largest absolute Gasteiger partial charge is 0.262 e. The molecule has 12 heavy (non-hydrogen) atoms. The molecule has 0 aliphatic carbocycles. The average Bonchev–Trinajstić information content (AvgIpc) is 2.11. The van der Waals surface area contributed by atoms with Gasteiger partial charge in [-0.3, -0.25) is 4.99 Å². The maximum absolute atomic E-state index is 4.30. The Bertz CT molecular complexity index is 197. The third-order valence-electron chi connectivity index (χ3n) is 1.73. The first-order chi connectivity index (χ1) is 5.74. The Hall–Kier alpha value is -0.850. The van der Waals surface area contributed by atoms with Crippen molar-refractivity contribution in [2.24, 2.45) is 4.99 Å². The maximum atomic E-state index is 4.30. The zero-order valence-corrected chi connectivity index (χ0v) is 8.59. The summed E-state index contributed by atoms with van der Waals surface area (Å²) in [6, 6.07) is 0. The van der Waals surface area contributed by atoms with Crippen LogP contribution in [0.15, 0.2) is 28.4 Å². The van der Waals surface area contributed by atoms with E-state index >= 15 is 0 Å². The van der Waals surface area contributed by atoms with Gasteiger partial charge in [0.15, 0.2) is 0 Å². The first-order valence-electron chi connectivity index (χ1n) is 4.60. The molecule has 68 valence electrons. The summed E-state index contributed by atoms with van der Waals surface area (Å²) in [7, 11) is 0. The normalized spacial score (nSPS) is 14.3. The molecule has 0 N–H and O–H groups in total. The lowest BCUT2D eigenvalue weighted by Gasteiger charge is -1.95. The molecule has 0 unspecified atom stereocenters. The molecule has 0 aromatic heterocycles. The monoisotopic (exact) mass is 165 g/mol. The van der Waals surface area contributed by atoms with Crippen molar-refractivity contribution in [3.63, 3.8) is 0 Å². The third-order valence-corrected chi connectivity index (χ3v) is 1.73. The minimum Gasteiger partial charge on any atom is -0.262 e. The van der Waals surface area contributed by atoms with Gasteiger partial charge in [0, 0.05) is 11.9 Å². The van der Waals surface area contributed by atoms with E-state index in [-0.39, 0.29) is 0 Å². The Morgan fingerprint density at radius 2 is 2.00 bits per heavy atom. The number of rotatable bonds is 4. The van der Waals surface area contributed by atoms with Crippen LogP contribution in [0.25, 0.3) is 0 Å². The summed E-state index contributed by atoms with van der Waals surface area (Å²) in [5, 5.41) is 0. The van der Waals surface area contributed by atoms with Crippen molar-refractivity contribution in [1.29, 1.82) is 0 Å². The first-order valence-corrected chi connectivity index (χ1v) is 4.60. The van der Waals surface area contributed by atoms with Crippen LogP contribution in [0.1, 0.15) is 40.5 Å². The lowest BCUT2D eigenvalue weighted by atomic mass is 10.2. The molecule has 1 heteroatoms. The maximum Gasteiger partial charge on any atom is 0.0330 e. The van der Waals surface area contributed by atoms with Crippen LogP contribution in [0.2, 0.25) is 0 Å². The van der Waals surface area contributed by atoms with E-state index < -0.39 is 0 Å². The Morgan fingerprint density at radius 3 is 2.42 bits per heavy atom. The van der Waals surface area contributed by atoms with E-state index in [1.807, 2.05) is 26.1 Å². The second-order valence-corrected chi connectivity index (χ2v) is 2.73. The van der Waals surface area contributed by atoms with Crippen molar-refractivity contribution >= 4 is 6.21 Å². The molecule has 0 amide bonds. The molecule has 0 rings (SSSR count). The van der Waals surface area contributed by atoms with E-state index in [2.05, 4.69) is 24.9 Å². The van der Waals surface area contributed by atoms with Crippen molar-refractivity contribution < 1.29 is 0 Å². The summed E-state index contributed by atoms with van der Waals surface area (Å²) >= 11 is 0. The topological polar surface area (TPSA) is 12.4 Å². The predicted molar refractivity (Wildman–Crippen MR) is 56.6 cm³/mol. The molecule has 0 bridgehead atoms. The van der Waals surface area contributed by atoms with Crippen LogP contribution in [-0.4, -0.2) is 6.21 Å². The minimum atomic E-state index is 1.06. The standard InChI is InChI=1S/C11H19N/c1-5-8-11(7-3)9-12-10(4)6-2/h6,8-9H,5,7H2,1-4H3/b10-6-,11-8+,12-9-. The van der Waals surface area contributed by atoms with Crippen LogP contribution in [0, 0.1) is 0 Å². The molecular formula is C11H19N. The van der Waals surface area contributed by atoms with Crippen LogP contribution < -0.4 is 0 Å². The molecule has 0 saturated carbocycles. The van der Waals surface area contributed by atoms with E-state index in [9.17, 15) is 0 Å². The van der Waals surface area contributed by atoms with Crippen molar-refractivity contribution in [3.8, 4) is 0 Å². The minimum absolute atomic E-state index is 1.06. The van der Waals surface area contributed by atoms with E-state index in [4.69, 9.17) is 0 Å². The fourth-order valence-electron chi connectivity index (χ4n) is 0.810. The van der Waals surface area contributed by atoms with Gasteiger partial charge < -0.3 is 0 Å². The second kappa shape index (κ2) is 6.84. The third kappa shape index (κ3) is 4.89. The van der Waals surface area contributed by atoms with Gasteiger partial charge in [0.05, 0.1) is 0 Å². The van der Waals surface area contributed by atoms with Crippen LogP contribution in [0.5, 0.6) is 0 Å². The molecule has 0 saturated heterocycles. The summed E-state index contributed by atoms with van der Waals surface area (Å²) < 4.78 is 0. The summed E-state index contributed by atoms with van der Waals surface area (Å²) in [4.78, 5) is 4.30. The zero-order valence-electron chi connectivity index (χ0n) is 8.59. The SMILES string of the molecule is C\C=C(C)/N=C\C(=C\CC)CC. The molecule has 0 aromatic carbocycles. The van der Waals surface area contributed by atoms with Gasteiger partial charge in [-0.05, 0) is 32.3 Å². The van der Waals surface area contributed by atoms with Crippen molar-refractivity contribution in [2.75, 3.05) is 0 Å². The highest BCUT2D eigenvalue weighted by Crippen LogP contribution is 2.01. The highest BCUT2D eigenvalue weighted by atomic mass is 14.7. The Labute approximate surface area is 75.9 Å². The van der Waals surface area contributed by atoms with Gasteiger partial charge in [0.25, 0.3) is 0 Å². The number of hydrogen-bond donors (Lipinski definition) is 0. The quantitative estimate of drug-likeness (QED) is 0.563. The molecule has 0 aliphatic rings. The van der Waals surface area contributed by atoms with E-state index in [0.717, 1.165) is 18.5 Å². The van der Waals surface area contributed by atoms with Crippen LogP contribution in [-0.2, 0) is 0 Å². The lowest BCUT2D eigenvalue weighted by Crippen LogP contribution is -1.82. The van der Waals surface area contributed by atoms with Crippen molar-refractivity contribution in [1.82, 2.24) is 0 Å². The van der Waals surface area contributed by atoms with Gasteiger partial charge in [0.2, 0.25) is 0 Å². The summed E-state index contributed by atoms with van der Waals surface area (Å²) in [5.74, 6) is 0. The number of nitrogens with zero attached hydrogens (tertiary/aromatic N) is 1. The molecular weight excluding hydrogens is 146 g/mol. The zero-order chi connectivity index (χ0) is 9.40. The molecule has 0 atom stereocenters. The Kier molecular flexibility index (Phi) is 6.35. The van der Waals surface area contributed by atoms with Crippen LogP contribution >= 0.6 is 0 Å². The fourth-order valence-corrected chi connectivity index (χ4v) is 0.810. The van der Waals surface area contributed by atoms with Gasteiger partial charge in [-0.15, -0.1) is 0 Å². The van der Waals surface area contributed by atoms with E-state index in [0.29, 0.717) is 0 Å². The van der Waals surface area contributed by atoms with Crippen LogP contribution in [0.4, 0.5) is 0 Å². The van der Waals surface area contributed by atoms with E-state index in [1.54, 1.807) is 0 Å². The molecule has 0 aromatic rings. The van der Waals surface area contributed by atoms with Crippen molar-refractivity contribution in [3.05, 3.63) is 23.4 Å². The Balaban J connectivity index is 4.20. The summed E-state index contributed by atoms with van der Waals surface area (Å²) in [6.45, 7) is 8.31. The van der Waals surface area contributed by atoms with Gasteiger partial charge in [-0.1, -0.05) is 26.0 Å². The molecule has 0 spiro atoms. The number of allylic oxidation sites excluding steroid dienone is 4. The van der Waals surface area contributed by atoms with Gasteiger partial charge in [-0.25, -0.2) is 0 Å². The van der Waals surface area contributed by atoms with Crippen LogP contribution in [0.3, 0.4) is 0 Å². The molecule has 0 aliphatic heterocycles. The van der Waals surface area contributed by atoms with Gasteiger partial charge >= 0.3 is 0 Å². The highest BCUT2D eigenvalue weighted by Gasteiger charge is 1.86. The smallest absolute Gasteiger partial charge is 0.0330 e. The number of aliphatic imine (C=N–C) groups is 1. The van der Waals surface area contributed by atoms with E-state index in [1.165, 1.54) is 5.57 Å². The molecule has 0 heterocycles. The highest BCUT2D eigenvalue weighted by molar-refractivity contribution is 5.79. The Morgan fingerprint density at radius 1 is 1.33 bits per heavy atom.